The predicted molar refractivity (Wildman–Crippen MR) is 70.8 cm³/mol. The van der Waals surface area contributed by atoms with Crippen LogP contribution in [0.2, 0.25) is 0 Å². The molecule has 0 spiro atoms. The maximum atomic E-state index is 3.91. The summed E-state index contributed by atoms with van der Waals surface area (Å²) in [6, 6.07) is 6.63. The molecule has 1 aliphatic heterocycles. The molecule has 1 unspecified atom stereocenters. The van der Waals surface area contributed by atoms with E-state index in [4.69, 9.17) is 0 Å². The van der Waals surface area contributed by atoms with E-state index >= 15 is 0 Å². The molecule has 0 amide bonds. The van der Waals surface area contributed by atoms with E-state index in [2.05, 4.69) is 37.0 Å². The van der Waals surface area contributed by atoms with Crippen LogP contribution in [0.5, 0.6) is 0 Å². The van der Waals surface area contributed by atoms with E-state index in [0.717, 1.165) is 13.0 Å². The van der Waals surface area contributed by atoms with E-state index in [1.807, 2.05) is 6.08 Å². The lowest BCUT2D eigenvalue weighted by molar-refractivity contribution is 0.459. The third-order valence-corrected chi connectivity index (χ3v) is 3.56. The van der Waals surface area contributed by atoms with Crippen LogP contribution < -0.4 is 5.32 Å². The molecule has 0 radical (unpaired) electrons. The molecule has 0 aromatic heterocycles. The van der Waals surface area contributed by atoms with Gasteiger partial charge in [-0.3, -0.25) is 0 Å². The van der Waals surface area contributed by atoms with Crippen LogP contribution in [-0.2, 0) is 6.42 Å². The second-order valence-electron chi connectivity index (χ2n) is 4.52. The van der Waals surface area contributed by atoms with E-state index < -0.39 is 0 Å². The third kappa shape index (κ3) is 2.19. The molecule has 2 rings (SSSR count). The van der Waals surface area contributed by atoms with Crippen LogP contribution in [0.25, 0.3) is 6.08 Å². The first-order chi connectivity index (χ1) is 7.86. The minimum Gasteiger partial charge on any atom is -0.316 e. The maximum absolute atomic E-state index is 3.91. The fourth-order valence-electron chi connectivity index (χ4n) is 2.72. The van der Waals surface area contributed by atoms with E-state index in [1.54, 1.807) is 0 Å². The van der Waals surface area contributed by atoms with Crippen LogP contribution in [0.1, 0.15) is 42.4 Å². The van der Waals surface area contributed by atoms with Gasteiger partial charge in [0.25, 0.3) is 0 Å². The monoisotopic (exact) mass is 215 g/mol. The predicted octanol–water partition coefficient (Wildman–Crippen LogP) is 3.36. The number of nitrogens with one attached hydrogen (secondary N) is 1. The van der Waals surface area contributed by atoms with Crippen LogP contribution in [0.3, 0.4) is 0 Å². The van der Waals surface area contributed by atoms with Gasteiger partial charge in [0.15, 0.2) is 0 Å². The summed E-state index contributed by atoms with van der Waals surface area (Å²) in [4.78, 5) is 0. The van der Waals surface area contributed by atoms with Gasteiger partial charge in [0, 0.05) is 6.54 Å². The number of hydrogen-bond donors (Lipinski definition) is 1. The molecule has 1 N–H and O–H groups in total. The molecule has 1 heteroatoms. The molecule has 1 aromatic rings. The average molecular weight is 215 g/mol. The van der Waals surface area contributed by atoms with Crippen molar-refractivity contribution < 1.29 is 0 Å². The van der Waals surface area contributed by atoms with Gasteiger partial charge in [-0.05, 0) is 48.4 Å². The second kappa shape index (κ2) is 5.31. The number of benzene rings is 1. The maximum Gasteiger partial charge on any atom is 0.00202 e. The molecule has 1 atom stereocenters. The summed E-state index contributed by atoms with van der Waals surface area (Å²) >= 11 is 0. The lowest BCUT2D eigenvalue weighted by Crippen LogP contribution is -2.29. The topological polar surface area (TPSA) is 12.0 Å². The van der Waals surface area contributed by atoms with Crippen molar-refractivity contribution in [2.24, 2.45) is 0 Å². The van der Waals surface area contributed by atoms with Gasteiger partial charge in [-0.2, -0.15) is 0 Å². The first kappa shape index (κ1) is 11.4. The highest BCUT2D eigenvalue weighted by atomic mass is 14.9. The molecule has 1 aliphatic rings. The van der Waals surface area contributed by atoms with Gasteiger partial charge in [0.05, 0.1) is 0 Å². The minimum absolute atomic E-state index is 0.698. The van der Waals surface area contributed by atoms with Crippen molar-refractivity contribution in [2.75, 3.05) is 13.1 Å². The average Bonchev–Trinajstić information content (AvgIpc) is 2.38. The summed E-state index contributed by atoms with van der Waals surface area (Å²) < 4.78 is 0. The minimum atomic E-state index is 0.698. The Morgan fingerprint density at radius 2 is 2.38 bits per heavy atom. The smallest absolute Gasteiger partial charge is 0.00202 e. The standard InChI is InChI=1S/C15H21N/c1-3-12-7-5-9-15(14(12)4-2)13-8-6-10-16-11-13/h3,5,7,9,13,16H,1,4,6,8,10-11H2,2H3. The van der Waals surface area contributed by atoms with Crippen molar-refractivity contribution in [1.82, 2.24) is 5.32 Å². The highest BCUT2D eigenvalue weighted by Gasteiger charge is 2.18. The highest BCUT2D eigenvalue weighted by molar-refractivity contribution is 5.55. The Morgan fingerprint density at radius 3 is 3.00 bits per heavy atom. The van der Waals surface area contributed by atoms with Gasteiger partial charge in [0.1, 0.15) is 0 Å². The van der Waals surface area contributed by atoms with Crippen molar-refractivity contribution in [1.29, 1.82) is 0 Å². The Morgan fingerprint density at radius 1 is 1.50 bits per heavy atom. The largest absolute Gasteiger partial charge is 0.316 e. The van der Waals surface area contributed by atoms with Gasteiger partial charge in [-0.1, -0.05) is 37.8 Å². The van der Waals surface area contributed by atoms with Crippen molar-refractivity contribution in [3.8, 4) is 0 Å². The second-order valence-corrected chi connectivity index (χ2v) is 4.52. The number of piperidine rings is 1. The SMILES string of the molecule is C=Cc1cccc(C2CCCNC2)c1CC. The lowest BCUT2D eigenvalue weighted by Gasteiger charge is -2.26. The molecule has 1 nitrogen and oxygen atoms in total. The molecule has 1 heterocycles. The normalized spacial score (nSPS) is 20.7. The van der Waals surface area contributed by atoms with E-state index in [9.17, 15) is 0 Å². The zero-order valence-electron chi connectivity index (χ0n) is 10.1. The van der Waals surface area contributed by atoms with Gasteiger partial charge >= 0.3 is 0 Å². The molecule has 0 aliphatic carbocycles. The van der Waals surface area contributed by atoms with Crippen molar-refractivity contribution in [3.63, 3.8) is 0 Å². The molecule has 16 heavy (non-hydrogen) atoms. The summed E-state index contributed by atoms with van der Waals surface area (Å²) in [5.74, 6) is 0.698. The van der Waals surface area contributed by atoms with E-state index in [-0.39, 0.29) is 0 Å². The van der Waals surface area contributed by atoms with Gasteiger partial charge < -0.3 is 5.32 Å². The van der Waals surface area contributed by atoms with Gasteiger partial charge in [-0.15, -0.1) is 0 Å². The lowest BCUT2D eigenvalue weighted by atomic mass is 9.85. The molecule has 1 fully saturated rings. The summed E-state index contributed by atoms with van der Waals surface area (Å²) in [6.07, 6.45) is 5.71. The Labute approximate surface area is 98.6 Å². The zero-order chi connectivity index (χ0) is 11.4. The Hall–Kier alpha value is -1.08. The van der Waals surface area contributed by atoms with Crippen LogP contribution in [0.15, 0.2) is 24.8 Å². The molecule has 1 aromatic carbocycles. The summed E-state index contributed by atoms with van der Waals surface area (Å²) in [5.41, 5.74) is 4.34. The molecule has 1 saturated heterocycles. The van der Waals surface area contributed by atoms with Crippen molar-refractivity contribution >= 4 is 6.08 Å². The fraction of sp³-hybridized carbons (Fsp3) is 0.467. The first-order valence-corrected chi connectivity index (χ1v) is 6.31. The quantitative estimate of drug-likeness (QED) is 0.815. The highest BCUT2D eigenvalue weighted by Crippen LogP contribution is 2.28. The Balaban J connectivity index is 2.34. The van der Waals surface area contributed by atoms with Crippen LogP contribution >= 0.6 is 0 Å². The molecular formula is C15H21N. The summed E-state index contributed by atoms with van der Waals surface area (Å²) in [6.45, 7) is 8.46. The van der Waals surface area contributed by atoms with Crippen molar-refractivity contribution in [2.45, 2.75) is 32.1 Å². The van der Waals surface area contributed by atoms with E-state index in [1.165, 1.54) is 36.1 Å². The zero-order valence-corrected chi connectivity index (χ0v) is 10.1. The molecular weight excluding hydrogens is 194 g/mol. The molecule has 0 bridgehead atoms. The van der Waals surface area contributed by atoms with Gasteiger partial charge in [-0.25, -0.2) is 0 Å². The van der Waals surface area contributed by atoms with Crippen LogP contribution in [0.4, 0.5) is 0 Å². The summed E-state index contributed by atoms with van der Waals surface area (Å²) in [7, 11) is 0. The molecule has 0 saturated carbocycles. The Kier molecular flexibility index (Phi) is 3.79. The molecule has 86 valence electrons. The van der Waals surface area contributed by atoms with Crippen molar-refractivity contribution in [3.05, 3.63) is 41.5 Å². The third-order valence-electron chi connectivity index (χ3n) is 3.56. The summed E-state index contributed by atoms with van der Waals surface area (Å²) in [5, 5.41) is 3.50. The van der Waals surface area contributed by atoms with Crippen LogP contribution in [-0.4, -0.2) is 13.1 Å². The number of rotatable bonds is 3. The Bertz CT molecular complexity index is 362. The van der Waals surface area contributed by atoms with Gasteiger partial charge in [0.2, 0.25) is 0 Å². The fourth-order valence-corrected chi connectivity index (χ4v) is 2.72. The first-order valence-electron chi connectivity index (χ1n) is 6.31. The van der Waals surface area contributed by atoms with Crippen LogP contribution in [0, 0.1) is 0 Å². The van der Waals surface area contributed by atoms with E-state index in [0.29, 0.717) is 5.92 Å². The number of hydrogen-bond acceptors (Lipinski definition) is 1.